The number of nitrogens with one attached hydrogen (secondary N) is 2. The summed E-state index contributed by atoms with van der Waals surface area (Å²) in [5, 5.41) is 9.38. The Kier molecular flexibility index (Phi) is 4.56. The number of hydrogen-bond donors (Lipinski definition) is 2. The molecule has 0 atom stereocenters. The average molecular weight is 392 g/mol. The van der Waals surface area contributed by atoms with Crippen LogP contribution in [0.4, 0.5) is 10.1 Å². The minimum Gasteiger partial charge on any atom is -0.349 e. The molecular formula is C16H11ClFN5S2. The highest BCUT2D eigenvalue weighted by Crippen LogP contribution is 2.41. The van der Waals surface area contributed by atoms with Gasteiger partial charge in [0.1, 0.15) is 10.0 Å². The molecule has 0 bridgehead atoms. The van der Waals surface area contributed by atoms with Crippen molar-refractivity contribution < 1.29 is 4.39 Å². The topological polar surface area (TPSA) is 62.2 Å². The van der Waals surface area contributed by atoms with Crippen molar-refractivity contribution in [3.63, 3.8) is 0 Å². The summed E-state index contributed by atoms with van der Waals surface area (Å²) in [7, 11) is 0. The molecule has 3 heterocycles. The standard InChI is InChI=1S/C16H11ClFN5S2/c17-13-9(4-5-20-15(13)18)10-2-1-3-11-14(10)22-16(23-25-11)21-8-12-19-6-7-24-12/h1-7H,8H2,(H2,21,22,23). The molecule has 0 amide bonds. The molecule has 0 aliphatic carbocycles. The van der Waals surface area contributed by atoms with Gasteiger partial charge >= 0.3 is 0 Å². The predicted molar refractivity (Wildman–Crippen MR) is 101 cm³/mol. The van der Waals surface area contributed by atoms with Crippen LogP contribution in [0.5, 0.6) is 0 Å². The van der Waals surface area contributed by atoms with E-state index in [0.717, 1.165) is 21.2 Å². The van der Waals surface area contributed by atoms with E-state index in [1.807, 2.05) is 23.6 Å². The number of aromatic nitrogens is 2. The monoisotopic (exact) mass is 391 g/mol. The van der Waals surface area contributed by atoms with E-state index in [1.165, 1.54) is 18.1 Å². The first-order valence-electron chi connectivity index (χ1n) is 7.30. The van der Waals surface area contributed by atoms with E-state index < -0.39 is 5.95 Å². The zero-order chi connectivity index (χ0) is 17.2. The largest absolute Gasteiger partial charge is 0.349 e. The van der Waals surface area contributed by atoms with Crippen molar-refractivity contribution in [3.05, 3.63) is 58.0 Å². The lowest BCUT2D eigenvalue weighted by molar-refractivity contribution is 0.585. The van der Waals surface area contributed by atoms with Gasteiger partial charge in [-0.05, 0) is 12.1 Å². The van der Waals surface area contributed by atoms with Gasteiger partial charge in [0.05, 0.1) is 17.1 Å². The smallest absolute Gasteiger partial charge is 0.232 e. The maximum Gasteiger partial charge on any atom is 0.232 e. The van der Waals surface area contributed by atoms with Gasteiger partial charge in [0.15, 0.2) is 0 Å². The Morgan fingerprint density at radius 2 is 2.08 bits per heavy atom. The average Bonchev–Trinajstić information content (AvgIpc) is 3.15. The molecular weight excluding hydrogens is 381 g/mol. The molecule has 126 valence electrons. The molecule has 0 fully saturated rings. The summed E-state index contributed by atoms with van der Waals surface area (Å²) in [5.41, 5.74) is 2.21. The molecule has 4 rings (SSSR count). The molecule has 0 saturated heterocycles. The van der Waals surface area contributed by atoms with E-state index >= 15 is 0 Å². The Labute approximate surface area is 156 Å². The minimum absolute atomic E-state index is 0.00232. The van der Waals surface area contributed by atoms with E-state index in [4.69, 9.17) is 11.6 Å². The first-order chi connectivity index (χ1) is 12.2. The molecule has 25 heavy (non-hydrogen) atoms. The number of rotatable bonds is 3. The molecule has 9 heteroatoms. The maximum atomic E-state index is 13.7. The SMILES string of the molecule is Fc1nccc(-c2cccc3c2NC(NCc2nccs2)=NS3)c1Cl. The Balaban J connectivity index is 1.63. The third-order valence-corrected chi connectivity index (χ3v) is 5.48. The molecule has 0 unspecified atom stereocenters. The number of thiazole rings is 1. The van der Waals surface area contributed by atoms with Gasteiger partial charge in [-0.1, -0.05) is 23.7 Å². The third-order valence-electron chi connectivity index (χ3n) is 3.53. The van der Waals surface area contributed by atoms with Gasteiger partial charge in [0.2, 0.25) is 11.9 Å². The highest BCUT2D eigenvalue weighted by molar-refractivity contribution is 7.98. The Hall–Kier alpha value is -2.16. The molecule has 0 saturated carbocycles. The van der Waals surface area contributed by atoms with Crippen LogP contribution < -0.4 is 10.6 Å². The maximum absolute atomic E-state index is 13.7. The van der Waals surface area contributed by atoms with Crippen LogP contribution in [0.25, 0.3) is 11.1 Å². The van der Waals surface area contributed by atoms with E-state index in [9.17, 15) is 4.39 Å². The van der Waals surface area contributed by atoms with Crippen molar-refractivity contribution in [1.82, 2.24) is 15.3 Å². The van der Waals surface area contributed by atoms with Crippen LogP contribution in [0, 0.1) is 5.95 Å². The van der Waals surface area contributed by atoms with Crippen molar-refractivity contribution >= 4 is 46.5 Å². The van der Waals surface area contributed by atoms with Crippen LogP contribution in [0.15, 0.2) is 51.3 Å². The van der Waals surface area contributed by atoms with Crippen LogP contribution in [0.3, 0.4) is 0 Å². The molecule has 1 aromatic carbocycles. The summed E-state index contributed by atoms with van der Waals surface area (Å²) in [6, 6.07) is 7.42. The number of halogens is 2. The van der Waals surface area contributed by atoms with E-state index in [1.54, 1.807) is 23.6 Å². The second-order valence-corrected chi connectivity index (χ2v) is 7.24. The summed E-state index contributed by atoms with van der Waals surface area (Å²) in [5.74, 6) is -0.0678. The van der Waals surface area contributed by atoms with Crippen LogP contribution in [-0.4, -0.2) is 15.9 Å². The highest BCUT2D eigenvalue weighted by atomic mass is 35.5. The van der Waals surface area contributed by atoms with Gasteiger partial charge in [-0.2, -0.15) is 8.79 Å². The van der Waals surface area contributed by atoms with Crippen molar-refractivity contribution in [2.45, 2.75) is 11.4 Å². The number of anilines is 1. The van der Waals surface area contributed by atoms with E-state index in [0.29, 0.717) is 18.1 Å². The Bertz CT molecular complexity index is 946. The summed E-state index contributed by atoms with van der Waals surface area (Å²) >= 11 is 9.03. The molecule has 3 aromatic rings. The Morgan fingerprint density at radius 1 is 1.16 bits per heavy atom. The molecule has 0 radical (unpaired) electrons. The molecule has 5 nitrogen and oxygen atoms in total. The predicted octanol–water partition coefficient (Wildman–Crippen LogP) is 4.58. The minimum atomic E-state index is -0.684. The number of guanidine groups is 1. The highest BCUT2D eigenvalue weighted by Gasteiger charge is 2.19. The van der Waals surface area contributed by atoms with Crippen molar-refractivity contribution in [2.24, 2.45) is 4.40 Å². The second kappa shape index (κ2) is 6.99. The summed E-state index contributed by atoms with van der Waals surface area (Å²) < 4.78 is 18.2. The Morgan fingerprint density at radius 3 is 2.92 bits per heavy atom. The summed E-state index contributed by atoms with van der Waals surface area (Å²) in [4.78, 5) is 8.75. The van der Waals surface area contributed by atoms with Crippen molar-refractivity contribution in [1.29, 1.82) is 0 Å². The van der Waals surface area contributed by atoms with Crippen LogP contribution in [-0.2, 0) is 6.54 Å². The quantitative estimate of drug-likeness (QED) is 0.505. The van der Waals surface area contributed by atoms with E-state index in [-0.39, 0.29) is 5.02 Å². The lowest BCUT2D eigenvalue weighted by atomic mass is 10.0. The van der Waals surface area contributed by atoms with Crippen LogP contribution >= 0.6 is 34.9 Å². The van der Waals surface area contributed by atoms with Gasteiger partial charge in [-0.3, -0.25) is 0 Å². The van der Waals surface area contributed by atoms with Gasteiger partial charge < -0.3 is 10.6 Å². The molecule has 1 aliphatic heterocycles. The zero-order valence-corrected chi connectivity index (χ0v) is 15.1. The molecule has 2 N–H and O–H groups in total. The molecule has 2 aromatic heterocycles. The number of fused-ring (bicyclic) bond motifs is 1. The fraction of sp³-hybridized carbons (Fsp3) is 0.0625. The fourth-order valence-corrected chi connectivity index (χ4v) is 3.86. The molecule has 0 spiro atoms. The number of nitrogens with zero attached hydrogens (tertiary/aromatic N) is 3. The van der Waals surface area contributed by atoms with Crippen molar-refractivity contribution in [2.75, 3.05) is 5.32 Å². The summed E-state index contributed by atoms with van der Waals surface area (Å²) in [6.07, 6.45) is 3.17. The fourth-order valence-electron chi connectivity index (χ4n) is 2.40. The van der Waals surface area contributed by atoms with E-state index in [2.05, 4.69) is 25.0 Å². The molecule has 1 aliphatic rings. The third kappa shape index (κ3) is 3.33. The van der Waals surface area contributed by atoms with Gasteiger partial charge in [-0.25, -0.2) is 9.97 Å². The van der Waals surface area contributed by atoms with Gasteiger partial charge in [0, 0.05) is 40.8 Å². The number of hydrogen-bond acceptors (Lipinski definition) is 7. The number of pyridine rings is 1. The summed E-state index contributed by atoms with van der Waals surface area (Å²) in [6.45, 7) is 0.576. The first kappa shape index (κ1) is 16.3. The number of para-hydroxylation sites is 1. The zero-order valence-electron chi connectivity index (χ0n) is 12.7. The van der Waals surface area contributed by atoms with Crippen molar-refractivity contribution in [3.8, 4) is 11.1 Å². The lowest BCUT2D eigenvalue weighted by Gasteiger charge is -2.21. The second-order valence-electron chi connectivity index (χ2n) is 5.08. The van der Waals surface area contributed by atoms with Crippen LogP contribution in [0.2, 0.25) is 5.02 Å². The number of benzene rings is 1. The van der Waals surface area contributed by atoms with Crippen LogP contribution in [0.1, 0.15) is 5.01 Å². The normalized spacial score (nSPS) is 13.0. The van der Waals surface area contributed by atoms with Gasteiger partial charge in [0.25, 0.3) is 0 Å². The lowest BCUT2D eigenvalue weighted by Crippen LogP contribution is -2.31. The van der Waals surface area contributed by atoms with Gasteiger partial charge in [-0.15, -0.1) is 11.3 Å². The first-order valence-corrected chi connectivity index (χ1v) is 9.33.